The molecule has 0 aliphatic carbocycles. The average molecular weight is 377 g/mol. The van der Waals surface area contributed by atoms with Crippen LogP contribution in [0, 0.1) is 6.92 Å². The topological polar surface area (TPSA) is 69.7 Å². The number of hydrogen-bond acceptors (Lipinski definition) is 3. The minimum atomic E-state index is -0.485. The highest BCUT2D eigenvalue weighted by atomic mass is 16.2. The second kappa shape index (κ2) is 7.46. The molecule has 1 atom stereocenters. The average Bonchev–Trinajstić information content (AvgIpc) is 3.17. The lowest BCUT2D eigenvalue weighted by molar-refractivity contribution is -0.125. The highest BCUT2D eigenvalue weighted by molar-refractivity contribution is 6.13. The Kier molecular flexibility index (Phi) is 4.86. The summed E-state index contributed by atoms with van der Waals surface area (Å²) in [5.41, 5.74) is 2.86. The molecule has 4 rings (SSSR count). The lowest BCUT2D eigenvalue weighted by Crippen LogP contribution is -2.48. The SMILES string of the molecule is Cc1cccc2c1N(CC(=O)NCc1ccccc1)C(=O)C1CCCN1C2=O. The van der Waals surface area contributed by atoms with Crippen molar-refractivity contribution in [3.05, 3.63) is 65.2 Å². The van der Waals surface area contributed by atoms with E-state index < -0.39 is 6.04 Å². The lowest BCUT2D eigenvalue weighted by atomic mass is 10.1. The number of nitrogens with zero attached hydrogens (tertiary/aromatic N) is 2. The van der Waals surface area contributed by atoms with Gasteiger partial charge in [-0.2, -0.15) is 0 Å². The molecule has 0 saturated carbocycles. The summed E-state index contributed by atoms with van der Waals surface area (Å²) in [5, 5.41) is 2.88. The molecule has 3 amide bonds. The largest absolute Gasteiger partial charge is 0.350 e. The molecule has 2 heterocycles. The Balaban J connectivity index is 1.61. The first-order chi connectivity index (χ1) is 13.6. The van der Waals surface area contributed by atoms with Crippen molar-refractivity contribution in [1.29, 1.82) is 0 Å². The molecule has 2 aliphatic heterocycles. The predicted octanol–water partition coefficient (Wildman–Crippen LogP) is 2.26. The van der Waals surface area contributed by atoms with Gasteiger partial charge in [-0.15, -0.1) is 0 Å². The predicted molar refractivity (Wildman–Crippen MR) is 106 cm³/mol. The number of para-hydroxylation sites is 1. The van der Waals surface area contributed by atoms with Crippen molar-refractivity contribution < 1.29 is 14.4 Å². The highest BCUT2D eigenvalue weighted by Crippen LogP contribution is 2.34. The third kappa shape index (κ3) is 3.26. The molecule has 6 nitrogen and oxygen atoms in total. The lowest BCUT2D eigenvalue weighted by Gasteiger charge is -2.26. The first kappa shape index (κ1) is 18.2. The Hall–Kier alpha value is -3.15. The second-order valence-corrected chi connectivity index (χ2v) is 7.31. The zero-order valence-electron chi connectivity index (χ0n) is 15.9. The number of rotatable bonds is 4. The van der Waals surface area contributed by atoms with Crippen molar-refractivity contribution in [3.63, 3.8) is 0 Å². The molecular weight excluding hydrogens is 354 g/mol. The molecule has 0 radical (unpaired) electrons. The first-order valence-electron chi connectivity index (χ1n) is 9.59. The quantitative estimate of drug-likeness (QED) is 0.889. The van der Waals surface area contributed by atoms with E-state index in [2.05, 4.69) is 5.32 Å². The maximum Gasteiger partial charge on any atom is 0.256 e. The third-order valence-corrected chi connectivity index (χ3v) is 5.44. The monoisotopic (exact) mass is 377 g/mol. The summed E-state index contributed by atoms with van der Waals surface area (Å²) in [7, 11) is 0. The van der Waals surface area contributed by atoms with Gasteiger partial charge in [-0.05, 0) is 37.0 Å². The van der Waals surface area contributed by atoms with Crippen LogP contribution in [0.3, 0.4) is 0 Å². The van der Waals surface area contributed by atoms with Gasteiger partial charge in [-0.25, -0.2) is 0 Å². The Morgan fingerprint density at radius 1 is 1.11 bits per heavy atom. The molecule has 6 heteroatoms. The van der Waals surface area contributed by atoms with Gasteiger partial charge in [0.05, 0.1) is 11.3 Å². The van der Waals surface area contributed by atoms with E-state index in [1.807, 2.05) is 49.4 Å². The summed E-state index contributed by atoms with van der Waals surface area (Å²) >= 11 is 0. The minimum absolute atomic E-state index is 0.0961. The van der Waals surface area contributed by atoms with Gasteiger partial charge < -0.3 is 15.1 Å². The Labute approximate surface area is 164 Å². The molecule has 1 unspecified atom stereocenters. The van der Waals surface area contributed by atoms with Crippen LogP contribution in [0.4, 0.5) is 5.69 Å². The number of carbonyl (C=O) groups excluding carboxylic acids is 3. The smallest absolute Gasteiger partial charge is 0.256 e. The van der Waals surface area contributed by atoms with Crippen LogP contribution in [0.15, 0.2) is 48.5 Å². The van der Waals surface area contributed by atoms with Crippen LogP contribution in [0.25, 0.3) is 0 Å². The van der Waals surface area contributed by atoms with Crippen LogP contribution >= 0.6 is 0 Å². The third-order valence-electron chi connectivity index (χ3n) is 5.44. The van der Waals surface area contributed by atoms with Crippen molar-refractivity contribution in [2.45, 2.75) is 32.4 Å². The van der Waals surface area contributed by atoms with Gasteiger partial charge in [0.25, 0.3) is 5.91 Å². The van der Waals surface area contributed by atoms with Gasteiger partial charge in [-0.3, -0.25) is 14.4 Å². The molecule has 1 N–H and O–H groups in total. The van der Waals surface area contributed by atoms with Crippen LogP contribution in [0.1, 0.15) is 34.3 Å². The molecule has 0 aromatic heterocycles. The van der Waals surface area contributed by atoms with Gasteiger partial charge in [0, 0.05) is 13.1 Å². The van der Waals surface area contributed by atoms with E-state index in [0.717, 1.165) is 17.5 Å². The van der Waals surface area contributed by atoms with Crippen molar-refractivity contribution in [2.24, 2.45) is 0 Å². The van der Waals surface area contributed by atoms with Crippen LogP contribution in [-0.2, 0) is 16.1 Å². The van der Waals surface area contributed by atoms with Crippen molar-refractivity contribution in [2.75, 3.05) is 18.0 Å². The summed E-state index contributed by atoms with van der Waals surface area (Å²) < 4.78 is 0. The highest BCUT2D eigenvalue weighted by Gasteiger charge is 2.42. The van der Waals surface area contributed by atoms with Crippen molar-refractivity contribution in [3.8, 4) is 0 Å². The van der Waals surface area contributed by atoms with E-state index in [1.54, 1.807) is 11.0 Å². The number of fused-ring (bicyclic) bond motifs is 2. The summed E-state index contributed by atoms with van der Waals surface area (Å²) in [6.45, 7) is 2.75. The zero-order valence-corrected chi connectivity index (χ0v) is 15.9. The number of anilines is 1. The van der Waals surface area contributed by atoms with Crippen LogP contribution in [0.5, 0.6) is 0 Å². The second-order valence-electron chi connectivity index (χ2n) is 7.31. The van der Waals surface area contributed by atoms with Gasteiger partial charge in [0.15, 0.2) is 0 Å². The van der Waals surface area contributed by atoms with E-state index in [-0.39, 0.29) is 24.3 Å². The van der Waals surface area contributed by atoms with Crippen LogP contribution in [-0.4, -0.2) is 41.8 Å². The molecule has 0 bridgehead atoms. The number of aryl methyl sites for hydroxylation is 1. The van der Waals surface area contributed by atoms with Crippen molar-refractivity contribution in [1.82, 2.24) is 10.2 Å². The Morgan fingerprint density at radius 3 is 2.68 bits per heavy atom. The van der Waals surface area contributed by atoms with E-state index in [1.165, 1.54) is 4.90 Å². The molecule has 2 aromatic rings. The number of benzene rings is 2. The standard InChI is InChI=1S/C22H23N3O3/c1-15-7-5-10-17-20(15)25(22(28)18-11-6-12-24(18)21(17)27)14-19(26)23-13-16-8-3-2-4-9-16/h2-5,7-10,18H,6,11-14H2,1H3,(H,23,26). The molecule has 144 valence electrons. The summed E-state index contributed by atoms with van der Waals surface area (Å²) in [4.78, 5) is 42.0. The maximum atomic E-state index is 13.2. The van der Waals surface area contributed by atoms with Gasteiger partial charge in [-0.1, -0.05) is 42.5 Å². The molecular formula is C22H23N3O3. The first-order valence-corrected chi connectivity index (χ1v) is 9.59. The molecule has 2 aromatic carbocycles. The molecule has 1 fully saturated rings. The molecule has 1 saturated heterocycles. The van der Waals surface area contributed by atoms with Gasteiger partial charge in [0.2, 0.25) is 11.8 Å². The summed E-state index contributed by atoms with van der Waals surface area (Å²) in [6.07, 6.45) is 1.44. The Morgan fingerprint density at radius 2 is 1.89 bits per heavy atom. The number of hydrogen-bond donors (Lipinski definition) is 1. The fraction of sp³-hybridized carbons (Fsp3) is 0.318. The fourth-order valence-corrected chi connectivity index (χ4v) is 4.05. The van der Waals surface area contributed by atoms with E-state index >= 15 is 0 Å². The molecule has 0 spiro atoms. The number of nitrogens with one attached hydrogen (secondary N) is 1. The van der Waals surface area contributed by atoms with Crippen molar-refractivity contribution >= 4 is 23.4 Å². The summed E-state index contributed by atoms with van der Waals surface area (Å²) in [5.74, 6) is -0.541. The van der Waals surface area contributed by atoms with E-state index in [4.69, 9.17) is 0 Å². The Bertz CT molecular complexity index is 926. The van der Waals surface area contributed by atoms with Crippen LogP contribution in [0.2, 0.25) is 0 Å². The van der Waals surface area contributed by atoms with E-state index in [0.29, 0.717) is 30.8 Å². The van der Waals surface area contributed by atoms with Gasteiger partial charge >= 0.3 is 0 Å². The van der Waals surface area contributed by atoms with Crippen LogP contribution < -0.4 is 10.2 Å². The molecule has 28 heavy (non-hydrogen) atoms. The molecule has 2 aliphatic rings. The fourth-order valence-electron chi connectivity index (χ4n) is 4.05. The minimum Gasteiger partial charge on any atom is -0.350 e. The normalized spacial score (nSPS) is 18.5. The number of amides is 3. The maximum absolute atomic E-state index is 13.2. The number of carbonyl (C=O) groups is 3. The van der Waals surface area contributed by atoms with Gasteiger partial charge in [0.1, 0.15) is 12.6 Å². The van der Waals surface area contributed by atoms with E-state index in [9.17, 15) is 14.4 Å². The summed E-state index contributed by atoms with van der Waals surface area (Å²) in [6, 6.07) is 14.6. The zero-order chi connectivity index (χ0) is 19.7.